The van der Waals surface area contributed by atoms with E-state index in [1.165, 1.54) is 6.07 Å². The van der Waals surface area contributed by atoms with Gasteiger partial charge in [-0.3, -0.25) is 0 Å². The minimum Gasteiger partial charge on any atom is -0.478 e. The lowest BCUT2D eigenvalue weighted by molar-refractivity contribution is 0.0697. The molecule has 0 heterocycles. The lowest BCUT2D eigenvalue weighted by Gasteiger charge is -2.02. The molecule has 0 bridgehead atoms. The number of allylic oxidation sites excluding steroid dienone is 1. The molecule has 0 aromatic heterocycles. The van der Waals surface area contributed by atoms with Crippen molar-refractivity contribution in [1.29, 1.82) is 0 Å². The summed E-state index contributed by atoms with van der Waals surface area (Å²) in [5.41, 5.74) is 1.74. The van der Waals surface area contributed by atoms with Crippen molar-refractivity contribution in [2.75, 3.05) is 0 Å². The number of carbonyl (C=O) groups is 1. The van der Waals surface area contributed by atoms with E-state index in [2.05, 4.69) is 6.58 Å². The Labute approximate surface area is 81.5 Å². The van der Waals surface area contributed by atoms with Crippen LogP contribution < -0.4 is 0 Å². The van der Waals surface area contributed by atoms with Crippen LogP contribution in [0, 0.1) is 0 Å². The van der Waals surface area contributed by atoms with Crippen molar-refractivity contribution in [3.63, 3.8) is 0 Å². The van der Waals surface area contributed by atoms with E-state index < -0.39 is 5.97 Å². The molecule has 1 rings (SSSR count). The molecule has 0 spiro atoms. The molecule has 0 fully saturated rings. The lowest BCUT2D eigenvalue weighted by atomic mass is 10.1. The van der Waals surface area contributed by atoms with Crippen LogP contribution in [0.2, 0.25) is 5.02 Å². The fraction of sp³-hybridized carbons (Fsp3) is 0.100. The fourth-order valence-electron chi connectivity index (χ4n) is 0.960. The molecule has 0 amide bonds. The van der Waals surface area contributed by atoms with E-state index in [-0.39, 0.29) is 5.56 Å². The Morgan fingerprint density at radius 1 is 1.38 bits per heavy atom. The summed E-state index contributed by atoms with van der Waals surface area (Å²) in [6.07, 6.45) is 0. The maximum atomic E-state index is 10.6. The van der Waals surface area contributed by atoms with Gasteiger partial charge in [0.05, 0.1) is 5.56 Å². The van der Waals surface area contributed by atoms with Crippen LogP contribution in [0.1, 0.15) is 22.8 Å². The molecule has 0 aliphatic carbocycles. The van der Waals surface area contributed by atoms with Crippen molar-refractivity contribution in [3.05, 3.63) is 40.9 Å². The number of rotatable bonds is 2. The van der Waals surface area contributed by atoms with Gasteiger partial charge >= 0.3 is 5.97 Å². The van der Waals surface area contributed by atoms with E-state index in [1.54, 1.807) is 19.1 Å². The molecule has 0 aliphatic heterocycles. The highest BCUT2D eigenvalue weighted by Crippen LogP contribution is 2.19. The number of carboxylic acids is 1. The van der Waals surface area contributed by atoms with Crippen molar-refractivity contribution < 1.29 is 9.90 Å². The van der Waals surface area contributed by atoms with Crippen LogP contribution in [0.25, 0.3) is 5.57 Å². The van der Waals surface area contributed by atoms with Crippen molar-refractivity contribution in [2.45, 2.75) is 6.92 Å². The summed E-state index contributed by atoms with van der Waals surface area (Å²) in [5.74, 6) is -0.981. The van der Waals surface area contributed by atoms with Gasteiger partial charge in [-0.05, 0) is 30.7 Å². The number of aromatic carboxylic acids is 1. The second kappa shape index (κ2) is 3.62. The second-order valence-electron chi connectivity index (χ2n) is 2.81. The van der Waals surface area contributed by atoms with E-state index in [4.69, 9.17) is 16.7 Å². The summed E-state index contributed by atoms with van der Waals surface area (Å²) >= 11 is 5.73. The van der Waals surface area contributed by atoms with Gasteiger partial charge in [0.25, 0.3) is 0 Å². The predicted molar refractivity (Wildman–Crippen MR) is 53.1 cm³/mol. The highest BCUT2D eigenvalue weighted by Gasteiger charge is 2.05. The molecule has 2 nitrogen and oxygen atoms in total. The van der Waals surface area contributed by atoms with Crippen molar-refractivity contribution in [1.82, 2.24) is 0 Å². The van der Waals surface area contributed by atoms with Crippen molar-refractivity contribution in [2.24, 2.45) is 0 Å². The summed E-state index contributed by atoms with van der Waals surface area (Å²) < 4.78 is 0. The van der Waals surface area contributed by atoms with Gasteiger partial charge in [-0.25, -0.2) is 4.79 Å². The highest BCUT2D eigenvalue weighted by molar-refractivity contribution is 6.31. The quantitative estimate of drug-likeness (QED) is 0.790. The first-order chi connectivity index (χ1) is 6.00. The molecule has 1 aromatic rings. The third-order valence-electron chi connectivity index (χ3n) is 1.64. The Morgan fingerprint density at radius 2 is 1.92 bits per heavy atom. The Balaban J connectivity index is 3.26. The van der Waals surface area contributed by atoms with E-state index in [0.717, 1.165) is 11.1 Å². The first-order valence-corrected chi connectivity index (χ1v) is 4.08. The maximum Gasteiger partial charge on any atom is 0.335 e. The summed E-state index contributed by atoms with van der Waals surface area (Å²) in [4.78, 5) is 10.6. The molecule has 0 saturated carbocycles. The summed E-state index contributed by atoms with van der Waals surface area (Å²) in [7, 11) is 0. The predicted octanol–water partition coefficient (Wildman–Crippen LogP) is 3.07. The number of hydrogen-bond acceptors (Lipinski definition) is 1. The van der Waals surface area contributed by atoms with Gasteiger partial charge in [0.2, 0.25) is 0 Å². The molecule has 0 aliphatic rings. The molecule has 0 radical (unpaired) electrons. The first-order valence-electron chi connectivity index (χ1n) is 3.70. The van der Waals surface area contributed by atoms with Gasteiger partial charge in [-0.15, -0.1) is 0 Å². The third-order valence-corrected chi connectivity index (χ3v) is 1.86. The molecule has 1 aromatic carbocycles. The van der Waals surface area contributed by atoms with Crippen LogP contribution in [0.15, 0.2) is 24.8 Å². The molecule has 13 heavy (non-hydrogen) atoms. The molecule has 3 heteroatoms. The van der Waals surface area contributed by atoms with Gasteiger partial charge in [0.1, 0.15) is 0 Å². The van der Waals surface area contributed by atoms with Gasteiger partial charge in [0, 0.05) is 5.02 Å². The molecular formula is C10H9ClO2. The number of benzene rings is 1. The first kappa shape index (κ1) is 9.81. The van der Waals surface area contributed by atoms with E-state index in [0.29, 0.717) is 5.02 Å². The SMILES string of the molecule is C=C(C)c1cc(Cl)cc(C(=O)O)c1. The standard InChI is InChI=1S/C10H9ClO2/c1-6(2)7-3-8(10(12)13)5-9(11)4-7/h3-5H,1H2,2H3,(H,12,13). The van der Waals surface area contributed by atoms with Crippen LogP contribution in [0.4, 0.5) is 0 Å². The smallest absolute Gasteiger partial charge is 0.335 e. The molecule has 0 atom stereocenters. The molecule has 0 saturated heterocycles. The maximum absolute atomic E-state index is 10.6. The average Bonchev–Trinajstić information content (AvgIpc) is 2.03. The van der Waals surface area contributed by atoms with Crippen molar-refractivity contribution >= 4 is 23.1 Å². The normalized spacial score (nSPS) is 9.69. The fourth-order valence-corrected chi connectivity index (χ4v) is 1.19. The number of hydrogen-bond donors (Lipinski definition) is 1. The van der Waals surface area contributed by atoms with Crippen molar-refractivity contribution in [3.8, 4) is 0 Å². The van der Waals surface area contributed by atoms with Crippen LogP contribution in [-0.2, 0) is 0 Å². The second-order valence-corrected chi connectivity index (χ2v) is 3.25. The van der Waals surface area contributed by atoms with Crippen LogP contribution >= 0.6 is 11.6 Å². The summed E-state index contributed by atoms with van der Waals surface area (Å²) in [6, 6.07) is 4.66. The number of carboxylic acid groups (broad SMARTS) is 1. The van der Waals surface area contributed by atoms with Crippen LogP contribution in [0.5, 0.6) is 0 Å². The zero-order chi connectivity index (χ0) is 10.0. The molecule has 0 unspecified atom stereocenters. The van der Waals surface area contributed by atoms with Crippen LogP contribution in [-0.4, -0.2) is 11.1 Å². The Hall–Kier alpha value is -1.28. The minimum absolute atomic E-state index is 0.186. The van der Waals surface area contributed by atoms with E-state index in [1.807, 2.05) is 0 Å². The highest BCUT2D eigenvalue weighted by atomic mass is 35.5. The van der Waals surface area contributed by atoms with E-state index in [9.17, 15) is 4.79 Å². The molecule has 68 valence electrons. The largest absolute Gasteiger partial charge is 0.478 e. The van der Waals surface area contributed by atoms with Crippen LogP contribution in [0.3, 0.4) is 0 Å². The Bertz CT molecular complexity index is 337. The van der Waals surface area contributed by atoms with Gasteiger partial charge < -0.3 is 5.11 Å². The molecule has 1 N–H and O–H groups in total. The summed E-state index contributed by atoms with van der Waals surface area (Å²) in [6.45, 7) is 5.52. The zero-order valence-corrected chi connectivity index (χ0v) is 7.93. The summed E-state index contributed by atoms with van der Waals surface area (Å²) in [5, 5.41) is 9.14. The molecular weight excluding hydrogens is 188 g/mol. The Kier molecular flexibility index (Phi) is 2.73. The van der Waals surface area contributed by atoms with Gasteiger partial charge in [0.15, 0.2) is 0 Å². The van der Waals surface area contributed by atoms with E-state index >= 15 is 0 Å². The average molecular weight is 197 g/mol. The third kappa shape index (κ3) is 2.33. The zero-order valence-electron chi connectivity index (χ0n) is 7.17. The lowest BCUT2D eigenvalue weighted by Crippen LogP contribution is -1.96. The number of halogens is 1. The monoisotopic (exact) mass is 196 g/mol. The van der Waals surface area contributed by atoms with Gasteiger partial charge in [-0.1, -0.05) is 23.8 Å². The van der Waals surface area contributed by atoms with Gasteiger partial charge in [-0.2, -0.15) is 0 Å². The topological polar surface area (TPSA) is 37.3 Å². The Morgan fingerprint density at radius 3 is 2.38 bits per heavy atom. The minimum atomic E-state index is -0.981.